The van der Waals surface area contributed by atoms with E-state index in [1.807, 2.05) is 12.1 Å². The molecule has 4 aromatic rings. The van der Waals surface area contributed by atoms with Crippen molar-refractivity contribution < 1.29 is 19.1 Å². The van der Waals surface area contributed by atoms with Crippen LogP contribution in [0.15, 0.2) is 85.2 Å². The molecule has 1 unspecified atom stereocenters. The Balaban J connectivity index is 1.51. The topological polar surface area (TPSA) is 101 Å². The second-order valence-corrected chi connectivity index (χ2v) is 9.17. The summed E-state index contributed by atoms with van der Waals surface area (Å²) in [4.78, 5) is 50.2. The van der Waals surface area contributed by atoms with Crippen LogP contribution in [0.1, 0.15) is 37.7 Å². The first kappa shape index (κ1) is 25.1. The molecule has 2 aromatic heterocycles. The van der Waals surface area contributed by atoms with Crippen molar-refractivity contribution in [3.8, 4) is 5.75 Å². The van der Waals surface area contributed by atoms with E-state index in [0.29, 0.717) is 44.5 Å². The second-order valence-electron chi connectivity index (χ2n) is 8.73. The number of hydrogen-bond donors (Lipinski definition) is 1. The van der Waals surface area contributed by atoms with E-state index in [4.69, 9.17) is 16.3 Å². The molecule has 0 fully saturated rings. The van der Waals surface area contributed by atoms with E-state index >= 15 is 0 Å². The summed E-state index contributed by atoms with van der Waals surface area (Å²) < 4.78 is 5.53. The van der Waals surface area contributed by atoms with Gasteiger partial charge in [0, 0.05) is 36.1 Å². The fourth-order valence-corrected chi connectivity index (χ4v) is 4.59. The number of nitrogens with one attached hydrogen (secondary N) is 1. The highest BCUT2D eigenvalue weighted by atomic mass is 35.5. The van der Waals surface area contributed by atoms with Crippen molar-refractivity contribution in [2.75, 3.05) is 12.4 Å². The van der Waals surface area contributed by atoms with Crippen LogP contribution in [0.4, 0.5) is 5.69 Å². The van der Waals surface area contributed by atoms with Crippen LogP contribution in [0.5, 0.6) is 5.75 Å². The van der Waals surface area contributed by atoms with Crippen LogP contribution in [-0.4, -0.2) is 45.6 Å². The zero-order valence-corrected chi connectivity index (χ0v) is 21.2. The standard InChI is InChI=1S/C29H23ClN4O4/c1-38-26-14-18(8-10-22(26)27(35)23-7-3-5-13-32-23)17-34-25(16-20-6-2-4-12-31-20)28(36)33-24-15-19(30)9-11-21(24)29(34)37/h2-15,25H,16-17H2,1H3,(H,33,36). The zero-order valence-electron chi connectivity index (χ0n) is 20.4. The summed E-state index contributed by atoms with van der Waals surface area (Å²) in [6.07, 6.45) is 3.41. The van der Waals surface area contributed by atoms with Crippen LogP contribution in [-0.2, 0) is 17.8 Å². The quantitative estimate of drug-likeness (QED) is 0.354. The minimum absolute atomic E-state index is 0.0975. The largest absolute Gasteiger partial charge is 0.496 e. The molecule has 2 aromatic carbocycles. The number of methoxy groups -OCH3 is 1. The van der Waals surface area contributed by atoms with Crippen molar-refractivity contribution in [2.24, 2.45) is 0 Å². The predicted octanol–water partition coefficient (Wildman–Crippen LogP) is 4.58. The van der Waals surface area contributed by atoms with E-state index in [-0.39, 0.29) is 30.6 Å². The molecule has 0 aliphatic carbocycles. The zero-order chi connectivity index (χ0) is 26.6. The fraction of sp³-hybridized carbons (Fsp3) is 0.138. The smallest absolute Gasteiger partial charge is 0.256 e. The number of fused-ring (bicyclic) bond motifs is 1. The van der Waals surface area contributed by atoms with Gasteiger partial charge in [0.2, 0.25) is 11.7 Å². The van der Waals surface area contributed by atoms with Crippen LogP contribution in [0.25, 0.3) is 0 Å². The predicted molar refractivity (Wildman–Crippen MR) is 142 cm³/mol. The third-order valence-corrected chi connectivity index (χ3v) is 6.53. The summed E-state index contributed by atoms with van der Waals surface area (Å²) in [6, 6.07) is 19.6. The summed E-state index contributed by atoms with van der Waals surface area (Å²) in [6.45, 7) is 0.0975. The average Bonchev–Trinajstić information content (AvgIpc) is 3.03. The molecule has 9 heteroatoms. The summed E-state index contributed by atoms with van der Waals surface area (Å²) in [5, 5.41) is 3.26. The molecular weight excluding hydrogens is 504 g/mol. The van der Waals surface area contributed by atoms with Crippen molar-refractivity contribution in [1.29, 1.82) is 0 Å². The number of halogens is 1. The number of aromatic nitrogens is 2. The first-order chi connectivity index (χ1) is 18.4. The van der Waals surface area contributed by atoms with Gasteiger partial charge in [0.1, 0.15) is 17.5 Å². The highest BCUT2D eigenvalue weighted by Gasteiger charge is 2.36. The van der Waals surface area contributed by atoms with Crippen molar-refractivity contribution in [2.45, 2.75) is 19.0 Å². The number of carbonyl (C=O) groups is 3. The molecule has 190 valence electrons. The number of benzene rings is 2. The lowest BCUT2D eigenvalue weighted by atomic mass is 10.0. The van der Waals surface area contributed by atoms with Crippen molar-refractivity contribution >= 4 is 34.9 Å². The Morgan fingerprint density at radius 1 is 1.00 bits per heavy atom. The van der Waals surface area contributed by atoms with Gasteiger partial charge in [-0.2, -0.15) is 0 Å². The molecule has 38 heavy (non-hydrogen) atoms. The van der Waals surface area contributed by atoms with Gasteiger partial charge in [-0.1, -0.05) is 29.8 Å². The highest BCUT2D eigenvalue weighted by Crippen LogP contribution is 2.30. The minimum atomic E-state index is -0.843. The van der Waals surface area contributed by atoms with Gasteiger partial charge < -0.3 is 15.0 Å². The van der Waals surface area contributed by atoms with E-state index in [9.17, 15) is 14.4 Å². The lowest BCUT2D eigenvalue weighted by molar-refractivity contribution is -0.120. The number of amides is 2. The lowest BCUT2D eigenvalue weighted by Crippen LogP contribution is -2.46. The highest BCUT2D eigenvalue weighted by molar-refractivity contribution is 6.31. The molecule has 1 N–H and O–H groups in total. The fourth-order valence-electron chi connectivity index (χ4n) is 4.42. The Labute approximate surface area is 224 Å². The molecule has 0 saturated heterocycles. The molecule has 1 aliphatic rings. The number of pyridine rings is 2. The molecule has 0 radical (unpaired) electrons. The van der Waals surface area contributed by atoms with E-state index < -0.39 is 6.04 Å². The normalized spacial score (nSPS) is 14.9. The first-order valence-corrected chi connectivity index (χ1v) is 12.3. The number of anilines is 1. The number of ketones is 1. The van der Waals surface area contributed by atoms with Crippen molar-refractivity contribution in [3.05, 3.63) is 118 Å². The summed E-state index contributed by atoms with van der Waals surface area (Å²) in [7, 11) is 1.47. The monoisotopic (exact) mass is 526 g/mol. The Morgan fingerprint density at radius 3 is 2.50 bits per heavy atom. The molecule has 3 heterocycles. The van der Waals surface area contributed by atoms with Crippen LogP contribution >= 0.6 is 11.6 Å². The lowest BCUT2D eigenvalue weighted by Gasteiger charge is -2.29. The molecule has 0 saturated carbocycles. The third-order valence-electron chi connectivity index (χ3n) is 6.30. The summed E-state index contributed by atoms with van der Waals surface area (Å²) >= 11 is 6.14. The average molecular weight is 527 g/mol. The Kier molecular flexibility index (Phi) is 7.15. The first-order valence-electron chi connectivity index (χ1n) is 11.9. The number of ether oxygens (including phenoxy) is 1. The number of hydrogen-bond acceptors (Lipinski definition) is 6. The van der Waals surface area contributed by atoms with Crippen LogP contribution < -0.4 is 10.1 Å². The van der Waals surface area contributed by atoms with Gasteiger partial charge in [0.05, 0.1) is 23.9 Å². The van der Waals surface area contributed by atoms with Crippen molar-refractivity contribution in [1.82, 2.24) is 14.9 Å². The van der Waals surface area contributed by atoms with Gasteiger partial charge in [-0.15, -0.1) is 0 Å². The Hall–Kier alpha value is -4.56. The molecule has 1 atom stereocenters. The molecule has 8 nitrogen and oxygen atoms in total. The van der Waals surface area contributed by atoms with Crippen molar-refractivity contribution in [3.63, 3.8) is 0 Å². The third kappa shape index (κ3) is 5.12. The van der Waals surface area contributed by atoms with E-state index in [1.54, 1.807) is 73.1 Å². The Morgan fingerprint density at radius 2 is 1.79 bits per heavy atom. The summed E-state index contributed by atoms with van der Waals surface area (Å²) in [5.74, 6) is -0.612. The molecule has 2 amide bonds. The Bertz CT molecular complexity index is 1510. The van der Waals surface area contributed by atoms with Gasteiger partial charge in [0.25, 0.3) is 5.91 Å². The molecule has 5 rings (SSSR count). The second kappa shape index (κ2) is 10.8. The summed E-state index contributed by atoms with van der Waals surface area (Å²) in [5.41, 5.74) is 2.69. The maximum Gasteiger partial charge on any atom is 0.256 e. The SMILES string of the molecule is COc1cc(CN2C(=O)c3ccc(Cl)cc3NC(=O)C2Cc2ccccn2)ccc1C(=O)c1ccccn1. The van der Waals surface area contributed by atoms with Crippen LogP contribution in [0.3, 0.4) is 0 Å². The van der Waals surface area contributed by atoms with Gasteiger partial charge in [-0.25, -0.2) is 0 Å². The van der Waals surface area contributed by atoms with Gasteiger partial charge in [-0.3, -0.25) is 24.4 Å². The maximum atomic E-state index is 13.8. The molecule has 0 spiro atoms. The van der Waals surface area contributed by atoms with Gasteiger partial charge >= 0.3 is 0 Å². The van der Waals surface area contributed by atoms with Gasteiger partial charge in [0.15, 0.2) is 0 Å². The molecule has 0 bridgehead atoms. The molecule has 1 aliphatic heterocycles. The minimum Gasteiger partial charge on any atom is -0.496 e. The molecular formula is C29H23ClN4O4. The van der Waals surface area contributed by atoms with Gasteiger partial charge in [-0.05, 0) is 60.2 Å². The van der Waals surface area contributed by atoms with Crippen LogP contribution in [0, 0.1) is 0 Å². The van der Waals surface area contributed by atoms with E-state index in [2.05, 4.69) is 15.3 Å². The van der Waals surface area contributed by atoms with E-state index in [0.717, 1.165) is 0 Å². The van der Waals surface area contributed by atoms with E-state index in [1.165, 1.54) is 12.0 Å². The maximum absolute atomic E-state index is 13.8. The van der Waals surface area contributed by atoms with Crippen LogP contribution in [0.2, 0.25) is 5.02 Å². The number of nitrogens with zero attached hydrogens (tertiary/aromatic N) is 3. The number of rotatable bonds is 7. The number of carbonyl (C=O) groups excluding carboxylic acids is 3.